The number of hydrogen-bond acceptors (Lipinski definition) is 2. The molecule has 1 aliphatic heterocycles. The van der Waals surface area contributed by atoms with Gasteiger partial charge < -0.3 is 10.4 Å². The Bertz CT molecular complexity index is 448. The lowest BCUT2D eigenvalue weighted by Crippen LogP contribution is -2.28. The molecule has 0 aliphatic carbocycles. The molecule has 1 fully saturated rings. The Kier molecular flexibility index (Phi) is 4.02. The number of benzene rings is 1. The van der Waals surface area contributed by atoms with E-state index in [4.69, 9.17) is 0 Å². The molecule has 0 saturated carbocycles. The standard InChI is InChI=1S/C15H21NO2/c1-10-7-11(2)14(15(17)18)9-13(10)8-12-3-5-16-6-4-12/h7,9,12,16H,3-6,8H2,1-2H3,(H,17,18). The fraction of sp³-hybridized carbons (Fsp3) is 0.533. The van der Waals surface area contributed by atoms with Gasteiger partial charge in [-0.3, -0.25) is 0 Å². The Hall–Kier alpha value is -1.35. The number of aromatic carboxylic acids is 1. The minimum absolute atomic E-state index is 0.449. The van der Waals surface area contributed by atoms with E-state index < -0.39 is 5.97 Å². The van der Waals surface area contributed by atoms with E-state index in [1.165, 1.54) is 24.0 Å². The van der Waals surface area contributed by atoms with Crippen LogP contribution >= 0.6 is 0 Å². The molecular weight excluding hydrogens is 226 g/mol. The van der Waals surface area contributed by atoms with Crippen LogP contribution in [0.15, 0.2) is 12.1 Å². The van der Waals surface area contributed by atoms with E-state index in [9.17, 15) is 9.90 Å². The lowest BCUT2D eigenvalue weighted by atomic mass is 9.87. The van der Waals surface area contributed by atoms with Gasteiger partial charge in [0, 0.05) is 0 Å². The predicted octanol–water partition coefficient (Wildman–Crippen LogP) is 2.54. The molecule has 0 atom stereocenters. The Balaban J connectivity index is 2.21. The number of carbonyl (C=O) groups is 1. The lowest BCUT2D eigenvalue weighted by molar-refractivity contribution is 0.0696. The van der Waals surface area contributed by atoms with Gasteiger partial charge in [0.25, 0.3) is 0 Å². The molecule has 2 rings (SSSR count). The molecule has 98 valence electrons. The van der Waals surface area contributed by atoms with Gasteiger partial charge in [-0.25, -0.2) is 4.79 Å². The van der Waals surface area contributed by atoms with Gasteiger partial charge in [-0.2, -0.15) is 0 Å². The van der Waals surface area contributed by atoms with E-state index in [0.29, 0.717) is 11.5 Å². The summed E-state index contributed by atoms with van der Waals surface area (Å²) < 4.78 is 0. The second-order valence-electron chi connectivity index (χ2n) is 5.30. The smallest absolute Gasteiger partial charge is 0.335 e. The fourth-order valence-corrected chi connectivity index (χ4v) is 2.74. The van der Waals surface area contributed by atoms with Gasteiger partial charge in [-0.15, -0.1) is 0 Å². The van der Waals surface area contributed by atoms with E-state index in [1.807, 2.05) is 19.1 Å². The molecule has 3 nitrogen and oxygen atoms in total. The minimum atomic E-state index is -0.820. The topological polar surface area (TPSA) is 49.3 Å². The second kappa shape index (κ2) is 5.53. The quantitative estimate of drug-likeness (QED) is 0.863. The van der Waals surface area contributed by atoms with Crippen LogP contribution in [0.5, 0.6) is 0 Å². The third kappa shape index (κ3) is 2.91. The molecule has 1 heterocycles. The van der Waals surface area contributed by atoms with Gasteiger partial charge >= 0.3 is 5.97 Å². The zero-order valence-electron chi connectivity index (χ0n) is 11.1. The van der Waals surface area contributed by atoms with Gasteiger partial charge in [0.1, 0.15) is 0 Å². The molecular formula is C15H21NO2. The third-order valence-electron chi connectivity index (χ3n) is 3.88. The molecule has 2 N–H and O–H groups in total. The lowest BCUT2D eigenvalue weighted by Gasteiger charge is -2.23. The van der Waals surface area contributed by atoms with Crippen LogP contribution in [0.1, 0.15) is 39.9 Å². The van der Waals surface area contributed by atoms with Crippen LogP contribution in [0, 0.1) is 19.8 Å². The number of aryl methyl sites for hydroxylation is 2. The van der Waals surface area contributed by atoms with Crippen molar-refractivity contribution in [2.45, 2.75) is 33.1 Å². The van der Waals surface area contributed by atoms with Crippen LogP contribution in [0.25, 0.3) is 0 Å². The van der Waals surface area contributed by atoms with Crippen LogP contribution in [0.2, 0.25) is 0 Å². The summed E-state index contributed by atoms with van der Waals surface area (Å²) in [5.74, 6) is -0.131. The van der Waals surface area contributed by atoms with Gasteiger partial charge in [-0.05, 0) is 74.9 Å². The minimum Gasteiger partial charge on any atom is -0.478 e. The van der Waals surface area contributed by atoms with Crippen molar-refractivity contribution in [2.75, 3.05) is 13.1 Å². The van der Waals surface area contributed by atoms with Crippen molar-refractivity contribution in [3.05, 3.63) is 34.4 Å². The summed E-state index contributed by atoms with van der Waals surface area (Å²) in [6.07, 6.45) is 3.39. The number of hydrogen-bond donors (Lipinski definition) is 2. The SMILES string of the molecule is Cc1cc(C)c(C(=O)O)cc1CC1CCNCC1. The molecule has 0 aromatic heterocycles. The van der Waals surface area contributed by atoms with E-state index >= 15 is 0 Å². The maximum Gasteiger partial charge on any atom is 0.335 e. The second-order valence-corrected chi connectivity index (χ2v) is 5.30. The Labute approximate surface area is 108 Å². The summed E-state index contributed by atoms with van der Waals surface area (Å²) in [5.41, 5.74) is 3.72. The highest BCUT2D eigenvalue weighted by Gasteiger charge is 2.16. The Morgan fingerprint density at radius 3 is 2.56 bits per heavy atom. The van der Waals surface area contributed by atoms with Crippen molar-refractivity contribution in [1.82, 2.24) is 5.32 Å². The first kappa shape index (κ1) is 13.1. The molecule has 0 amide bonds. The zero-order valence-corrected chi connectivity index (χ0v) is 11.1. The maximum atomic E-state index is 11.2. The van der Waals surface area contributed by atoms with Gasteiger partial charge in [0.15, 0.2) is 0 Å². The molecule has 18 heavy (non-hydrogen) atoms. The number of carboxylic acid groups (broad SMARTS) is 1. The van der Waals surface area contributed by atoms with Crippen LogP contribution in [-0.4, -0.2) is 24.2 Å². The Morgan fingerprint density at radius 1 is 1.28 bits per heavy atom. The van der Waals surface area contributed by atoms with Crippen molar-refractivity contribution in [3.8, 4) is 0 Å². The van der Waals surface area contributed by atoms with Crippen molar-refractivity contribution in [1.29, 1.82) is 0 Å². The van der Waals surface area contributed by atoms with Crippen LogP contribution in [-0.2, 0) is 6.42 Å². The molecule has 1 aromatic carbocycles. The molecule has 1 aromatic rings. The van der Waals surface area contributed by atoms with E-state index in [-0.39, 0.29) is 0 Å². The first-order valence-electron chi connectivity index (χ1n) is 6.62. The monoisotopic (exact) mass is 247 g/mol. The molecule has 0 bridgehead atoms. The molecule has 3 heteroatoms. The van der Waals surface area contributed by atoms with Gasteiger partial charge in [-0.1, -0.05) is 6.07 Å². The highest BCUT2D eigenvalue weighted by Crippen LogP contribution is 2.23. The molecule has 1 aliphatic rings. The van der Waals surface area contributed by atoms with E-state index in [1.54, 1.807) is 0 Å². The van der Waals surface area contributed by atoms with Crippen LogP contribution < -0.4 is 5.32 Å². The number of carboxylic acids is 1. The molecule has 0 radical (unpaired) electrons. The average Bonchev–Trinajstić information content (AvgIpc) is 2.33. The summed E-state index contributed by atoms with van der Waals surface area (Å²) in [6.45, 7) is 6.11. The third-order valence-corrected chi connectivity index (χ3v) is 3.88. The van der Waals surface area contributed by atoms with E-state index in [2.05, 4.69) is 12.2 Å². The number of nitrogens with one attached hydrogen (secondary N) is 1. The summed E-state index contributed by atoms with van der Waals surface area (Å²) in [7, 11) is 0. The van der Waals surface area contributed by atoms with Crippen molar-refractivity contribution >= 4 is 5.97 Å². The summed E-state index contributed by atoms with van der Waals surface area (Å²) in [4.78, 5) is 11.2. The van der Waals surface area contributed by atoms with Crippen LogP contribution in [0.3, 0.4) is 0 Å². The van der Waals surface area contributed by atoms with Crippen molar-refractivity contribution in [3.63, 3.8) is 0 Å². The van der Waals surface area contributed by atoms with Crippen molar-refractivity contribution < 1.29 is 9.90 Å². The maximum absolute atomic E-state index is 11.2. The summed E-state index contributed by atoms with van der Waals surface area (Å²) in [5, 5.41) is 12.5. The normalized spacial score (nSPS) is 16.8. The predicted molar refractivity (Wildman–Crippen MR) is 72.2 cm³/mol. The zero-order chi connectivity index (χ0) is 13.1. The van der Waals surface area contributed by atoms with Crippen LogP contribution in [0.4, 0.5) is 0 Å². The first-order chi connectivity index (χ1) is 8.58. The molecule has 0 unspecified atom stereocenters. The van der Waals surface area contributed by atoms with Gasteiger partial charge in [0.2, 0.25) is 0 Å². The largest absolute Gasteiger partial charge is 0.478 e. The van der Waals surface area contributed by atoms with Crippen molar-refractivity contribution in [2.24, 2.45) is 5.92 Å². The fourth-order valence-electron chi connectivity index (χ4n) is 2.74. The number of rotatable bonds is 3. The molecule has 0 spiro atoms. The Morgan fingerprint density at radius 2 is 1.94 bits per heavy atom. The molecule has 1 saturated heterocycles. The highest BCUT2D eigenvalue weighted by atomic mass is 16.4. The first-order valence-corrected chi connectivity index (χ1v) is 6.62. The highest BCUT2D eigenvalue weighted by molar-refractivity contribution is 5.89. The summed E-state index contributed by atoms with van der Waals surface area (Å²) in [6, 6.07) is 3.87. The van der Waals surface area contributed by atoms with E-state index in [0.717, 1.165) is 25.1 Å². The number of piperidine rings is 1. The van der Waals surface area contributed by atoms with Gasteiger partial charge in [0.05, 0.1) is 5.56 Å². The average molecular weight is 247 g/mol. The summed E-state index contributed by atoms with van der Waals surface area (Å²) >= 11 is 0.